The maximum atomic E-state index is 8.92. The fraction of sp³-hybridized carbons (Fsp3) is 0.364. The van der Waals surface area contributed by atoms with Gasteiger partial charge in [-0.1, -0.05) is 0 Å². The first kappa shape index (κ1) is 12.1. The van der Waals surface area contributed by atoms with Crippen LogP contribution < -0.4 is 15.0 Å². The summed E-state index contributed by atoms with van der Waals surface area (Å²) in [5.41, 5.74) is 2.89. The van der Waals surface area contributed by atoms with Crippen LogP contribution in [0.25, 0.3) is 0 Å². The van der Waals surface area contributed by atoms with Crippen molar-refractivity contribution < 1.29 is 14.7 Å². The molecule has 2 rings (SSSR count). The van der Waals surface area contributed by atoms with E-state index in [1.807, 2.05) is 12.1 Å². The molecule has 0 aliphatic carbocycles. The molecular weight excluding hydrogens is 240 g/mol. The first-order valence-corrected chi connectivity index (χ1v) is 6.13. The number of rotatable bonds is 2. The van der Waals surface area contributed by atoms with Gasteiger partial charge in [0.05, 0.1) is 19.9 Å². The molecule has 5 nitrogen and oxygen atoms in total. The smallest absolute Gasteiger partial charge is 0.162 e. The average molecular weight is 254 g/mol. The second-order valence-electron chi connectivity index (χ2n) is 3.44. The van der Waals surface area contributed by atoms with Crippen molar-refractivity contribution in [3.05, 3.63) is 12.1 Å². The molecule has 0 bridgehead atoms. The van der Waals surface area contributed by atoms with Gasteiger partial charge in [-0.3, -0.25) is 10.7 Å². The van der Waals surface area contributed by atoms with Crippen LogP contribution in [0, 0.1) is 0 Å². The van der Waals surface area contributed by atoms with Gasteiger partial charge in [0.15, 0.2) is 11.5 Å². The summed E-state index contributed by atoms with van der Waals surface area (Å²) in [5.74, 6) is 2.74. The Labute approximate surface area is 104 Å². The van der Waals surface area contributed by atoms with Crippen LogP contribution in [0.1, 0.15) is 6.42 Å². The Morgan fingerprint density at radius 3 is 2.65 bits per heavy atom. The number of aliphatic imine (C=N–C) groups is 1. The zero-order valence-electron chi connectivity index (χ0n) is 9.69. The summed E-state index contributed by atoms with van der Waals surface area (Å²) in [6.45, 7) is 0. The van der Waals surface area contributed by atoms with E-state index in [-0.39, 0.29) is 0 Å². The SMILES string of the molecule is COc1cc2c(cc1OC)SCCC(NO)=N2. The van der Waals surface area contributed by atoms with E-state index >= 15 is 0 Å². The number of fused-ring (bicyclic) bond motifs is 1. The monoisotopic (exact) mass is 254 g/mol. The summed E-state index contributed by atoms with van der Waals surface area (Å²) in [5, 5.41) is 8.92. The van der Waals surface area contributed by atoms with Crippen LogP contribution >= 0.6 is 11.8 Å². The highest BCUT2D eigenvalue weighted by atomic mass is 32.2. The van der Waals surface area contributed by atoms with Crippen LogP contribution in [0.15, 0.2) is 22.0 Å². The van der Waals surface area contributed by atoms with Crippen LogP contribution in [-0.2, 0) is 0 Å². The fourth-order valence-electron chi connectivity index (χ4n) is 1.59. The Hall–Kier alpha value is -1.40. The third-order valence-electron chi connectivity index (χ3n) is 2.45. The second-order valence-corrected chi connectivity index (χ2v) is 4.58. The number of nitrogens with one attached hydrogen (secondary N) is 1. The van der Waals surface area contributed by atoms with Crippen molar-refractivity contribution in [2.45, 2.75) is 11.3 Å². The van der Waals surface area contributed by atoms with Gasteiger partial charge in [-0.15, -0.1) is 11.8 Å². The van der Waals surface area contributed by atoms with Gasteiger partial charge in [0.1, 0.15) is 5.84 Å². The average Bonchev–Trinajstić information content (AvgIpc) is 2.57. The van der Waals surface area contributed by atoms with Crippen LogP contribution in [0.4, 0.5) is 5.69 Å². The summed E-state index contributed by atoms with van der Waals surface area (Å²) in [7, 11) is 3.19. The summed E-state index contributed by atoms with van der Waals surface area (Å²) in [6, 6.07) is 3.71. The van der Waals surface area contributed by atoms with Crippen molar-refractivity contribution in [2.24, 2.45) is 4.99 Å². The lowest BCUT2D eigenvalue weighted by molar-refractivity contribution is 0.232. The minimum absolute atomic E-state index is 0.559. The van der Waals surface area contributed by atoms with E-state index in [4.69, 9.17) is 14.7 Å². The van der Waals surface area contributed by atoms with E-state index < -0.39 is 0 Å². The number of hydrogen-bond donors (Lipinski definition) is 2. The number of thioether (sulfide) groups is 1. The summed E-state index contributed by atoms with van der Waals surface area (Å²) in [6.07, 6.45) is 0.695. The van der Waals surface area contributed by atoms with Gasteiger partial charge in [0, 0.05) is 23.1 Å². The van der Waals surface area contributed by atoms with Crippen LogP contribution in [0.2, 0.25) is 0 Å². The van der Waals surface area contributed by atoms with Gasteiger partial charge in [0.25, 0.3) is 0 Å². The molecule has 0 saturated heterocycles. The first-order valence-electron chi connectivity index (χ1n) is 5.15. The van der Waals surface area contributed by atoms with E-state index in [0.717, 1.165) is 16.3 Å². The molecule has 0 amide bonds. The van der Waals surface area contributed by atoms with Crippen molar-refractivity contribution in [1.82, 2.24) is 5.48 Å². The fourth-order valence-corrected chi connectivity index (χ4v) is 2.55. The highest BCUT2D eigenvalue weighted by Crippen LogP contribution is 2.41. The lowest BCUT2D eigenvalue weighted by atomic mass is 10.2. The lowest BCUT2D eigenvalue weighted by Gasteiger charge is -2.10. The largest absolute Gasteiger partial charge is 0.493 e. The van der Waals surface area contributed by atoms with Crippen molar-refractivity contribution in [2.75, 3.05) is 20.0 Å². The number of amidine groups is 1. The molecule has 0 atom stereocenters. The predicted molar refractivity (Wildman–Crippen MR) is 66.9 cm³/mol. The Morgan fingerprint density at radius 1 is 1.29 bits per heavy atom. The molecule has 92 valence electrons. The standard InChI is InChI=1S/C11H14N2O3S/c1-15-8-5-7-10(6-9(8)16-2)17-4-3-11(12-7)13-14/h5-6,14H,3-4H2,1-2H3,(H,12,13). The molecule has 0 aromatic heterocycles. The van der Waals surface area contributed by atoms with Crippen LogP contribution in [-0.4, -0.2) is 31.0 Å². The summed E-state index contributed by atoms with van der Waals surface area (Å²) in [4.78, 5) is 5.36. The molecular formula is C11H14N2O3S. The summed E-state index contributed by atoms with van der Waals surface area (Å²) < 4.78 is 10.5. The first-order chi connectivity index (χ1) is 8.28. The van der Waals surface area contributed by atoms with Gasteiger partial charge in [0.2, 0.25) is 0 Å². The van der Waals surface area contributed by atoms with Crippen molar-refractivity contribution >= 4 is 23.3 Å². The van der Waals surface area contributed by atoms with Gasteiger partial charge < -0.3 is 9.47 Å². The van der Waals surface area contributed by atoms with E-state index in [9.17, 15) is 0 Å². The molecule has 2 N–H and O–H groups in total. The summed E-state index contributed by atoms with van der Waals surface area (Å²) >= 11 is 1.68. The zero-order valence-corrected chi connectivity index (χ0v) is 10.5. The zero-order chi connectivity index (χ0) is 12.3. The molecule has 1 aromatic carbocycles. The Bertz CT molecular complexity index is 449. The lowest BCUT2D eigenvalue weighted by Crippen LogP contribution is -2.18. The number of methoxy groups -OCH3 is 2. The highest BCUT2D eigenvalue weighted by Gasteiger charge is 2.15. The molecule has 6 heteroatoms. The highest BCUT2D eigenvalue weighted by molar-refractivity contribution is 7.99. The van der Waals surface area contributed by atoms with Gasteiger partial charge in [-0.2, -0.15) is 0 Å². The Morgan fingerprint density at radius 2 is 2.00 bits per heavy atom. The van der Waals surface area contributed by atoms with Gasteiger partial charge >= 0.3 is 0 Å². The minimum atomic E-state index is 0.559. The predicted octanol–water partition coefficient (Wildman–Crippen LogP) is 2.21. The molecule has 1 aliphatic heterocycles. The molecule has 0 radical (unpaired) electrons. The quantitative estimate of drug-likeness (QED) is 0.792. The van der Waals surface area contributed by atoms with Crippen LogP contribution in [0.3, 0.4) is 0 Å². The van der Waals surface area contributed by atoms with Crippen molar-refractivity contribution in [1.29, 1.82) is 0 Å². The molecule has 0 unspecified atom stereocenters. The number of benzene rings is 1. The van der Waals surface area contributed by atoms with E-state index in [1.165, 1.54) is 0 Å². The van der Waals surface area contributed by atoms with Crippen LogP contribution in [0.5, 0.6) is 11.5 Å². The molecule has 1 aromatic rings. The minimum Gasteiger partial charge on any atom is -0.493 e. The van der Waals surface area contributed by atoms with E-state index in [1.54, 1.807) is 26.0 Å². The second kappa shape index (κ2) is 5.29. The topological polar surface area (TPSA) is 63.1 Å². The van der Waals surface area contributed by atoms with Crippen molar-refractivity contribution in [3.63, 3.8) is 0 Å². The van der Waals surface area contributed by atoms with Crippen molar-refractivity contribution in [3.8, 4) is 11.5 Å². The number of hydroxylamine groups is 1. The number of hydrogen-bond acceptors (Lipinski definition) is 6. The molecule has 0 fully saturated rings. The molecule has 17 heavy (non-hydrogen) atoms. The van der Waals surface area contributed by atoms with E-state index in [2.05, 4.69) is 10.5 Å². The molecule has 0 spiro atoms. The normalized spacial score (nSPS) is 14.4. The third kappa shape index (κ3) is 2.48. The van der Waals surface area contributed by atoms with E-state index in [0.29, 0.717) is 23.8 Å². The number of nitrogens with zero attached hydrogens (tertiary/aromatic N) is 1. The Kier molecular flexibility index (Phi) is 3.75. The molecule has 1 heterocycles. The van der Waals surface area contributed by atoms with Gasteiger partial charge in [-0.25, -0.2) is 4.99 Å². The molecule has 1 aliphatic rings. The van der Waals surface area contributed by atoms with Gasteiger partial charge in [-0.05, 0) is 6.07 Å². The maximum Gasteiger partial charge on any atom is 0.162 e. The molecule has 0 saturated carbocycles. The Balaban J connectivity index is 2.48. The third-order valence-corrected chi connectivity index (χ3v) is 3.49. The number of ether oxygens (including phenoxy) is 2. The maximum absolute atomic E-state index is 8.92.